The van der Waals surface area contributed by atoms with E-state index in [0.717, 1.165) is 62.4 Å². The van der Waals surface area contributed by atoms with Crippen LogP contribution >= 0.6 is 0 Å². The van der Waals surface area contributed by atoms with Crippen LogP contribution in [0.1, 0.15) is 77.7 Å². The van der Waals surface area contributed by atoms with Crippen LogP contribution < -0.4 is 10.1 Å². The maximum absolute atomic E-state index is 16.7. The number of aromatic hydroxyl groups is 1. The van der Waals surface area contributed by atoms with E-state index in [1.54, 1.807) is 39.0 Å². The zero-order valence-electron chi connectivity index (χ0n) is 28.8. The molecule has 0 radical (unpaired) electrons. The molecule has 270 valence electrons. The maximum atomic E-state index is 16.7. The zero-order valence-corrected chi connectivity index (χ0v) is 29.6. The largest absolute Gasteiger partial charge is 0.508 e. The summed E-state index contributed by atoms with van der Waals surface area (Å²) < 4.78 is 73.7. The summed E-state index contributed by atoms with van der Waals surface area (Å²) >= 11 is 0. The number of amides is 2. The number of carbonyl (C=O) groups is 2. The summed E-state index contributed by atoms with van der Waals surface area (Å²) in [6.45, 7) is 5.24. The van der Waals surface area contributed by atoms with Crippen LogP contribution in [0.4, 0.5) is 13.6 Å². The van der Waals surface area contributed by atoms with Crippen molar-refractivity contribution >= 4 is 32.8 Å². The second kappa shape index (κ2) is 13.6. The Morgan fingerprint density at radius 1 is 0.920 bits per heavy atom. The molecule has 1 aliphatic carbocycles. The maximum Gasteiger partial charge on any atom is 0.407 e. The van der Waals surface area contributed by atoms with E-state index in [1.807, 2.05) is 6.07 Å². The van der Waals surface area contributed by atoms with Crippen molar-refractivity contribution in [1.29, 1.82) is 0 Å². The Balaban J connectivity index is 1.29. The molecule has 13 heteroatoms. The first kappa shape index (κ1) is 35.8. The summed E-state index contributed by atoms with van der Waals surface area (Å²) in [6, 6.07) is 10.1. The van der Waals surface area contributed by atoms with E-state index in [2.05, 4.69) is 5.32 Å². The minimum absolute atomic E-state index is 0.146. The SMILES string of the molecule is CN(C(C(=O)N1C2CCC1CC(NC(=O)OC(C)(C)C)C2)C(F)(F)c1ccc(O)cc1)S(=O)(=O)c1ccc2cc(OC3CCCC3)ccc2c1. The van der Waals surface area contributed by atoms with E-state index in [4.69, 9.17) is 9.47 Å². The highest BCUT2D eigenvalue weighted by atomic mass is 32.2. The first-order valence-electron chi connectivity index (χ1n) is 17.2. The van der Waals surface area contributed by atoms with Crippen molar-refractivity contribution in [3.8, 4) is 11.5 Å². The lowest BCUT2D eigenvalue weighted by molar-refractivity contribution is -0.155. The van der Waals surface area contributed by atoms with Gasteiger partial charge in [0.25, 0.3) is 5.92 Å². The number of likely N-dealkylation sites (N-methyl/N-ethyl adjacent to an activating group) is 1. The molecule has 3 fully saturated rings. The summed E-state index contributed by atoms with van der Waals surface area (Å²) in [5.74, 6) is -4.58. The fourth-order valence-corrected chi connectivity index (χ4v) is 8.94. The molecule has 2 heterocycles. The highest BCUT2D eigenvalue weighted by Crippen LogP contribution is 2.43. The molecule has 0 aromatic heterocycles. The first-order valence-corrected chi connectivity index (χ1v) is 18.6. The average molecular weight is 714 g/mol. The van der Waals surface area contributed by atoms with Gasteiger partial charge in [-0.05, 0) is 131 Å². The number of piperidine rings is 1. The van der Waals surface area contributed by atoms with Gasteiger partial charge in [-0.2, -0.15) is 13.1 Å². The van der Waals surface area contributed by atoms with E-state index in [0.29, 0.717) is 41.1 Å². The molecule has 6 rings (SSSR count). The van der Waals surface area contributed by atoms with Gasteiger partial charge < -0.3 is 24.8 Å². The lowest BCUT2D eigenvalue weighted by atomic mass is 9.94. The van der Waals surface area contributed by atoms with E-state index >= 15 is 8.78 Å². The lowest BCUT2D eigenvalue weighted by Gasteiger charge is -2.43. The molecule has 10 nitrogen and oxygen atoms in total. The zero-order chi connectivity index (χ0) is 36.0. The minimum atomic E-state index is -4.65. The van der Waals surface area contributed by atoms with Crippen molar-refractivity contribution in [1.82, 2.24) is 14.5 Å². The highest BCUT2D eigenvalue weighted by molar-refractivity contribution is 7.89. The predicted octanol–water partition coefficient (Wildman–Crippen LogP) is 6.69. The third kappa shape index (κ3) is 7.39. The third-order valence-electron chi connectivity index (χ3n) is 9.97. The van der Waals surface area contributed by atoms with Gasteiger partial charge in [0.15, 0.2) is 6.04 Å². The standard InChI is InChI=1S/C37H45F2N3O7S/c1-36(2,3)49-35(45)40-26-21-27-13-14-28(22-26)42(27)34(44)33(37(38,39)25-11-15-29(43)16-12-25)41(4)50(46,47)32-18-10-23-19-31(17-9-24(23)20-32)48-30-7-5-6-8-30/h9-12,15-20,26-28,30,33,43H,5-8,13-14,21-22H2,1-4H3,(H,40,45). The van der Waals surface area contributed by atoms with E-state index in [1.165, 1.54) is 17.0 Å². The van der Waals surface area contributed by atoms with Gasteiger partial charge in [0, 0.05) is 30.7 Å². The van der Waals surface area contributed by atoms with Crippen LogP contribution in [-0.4, -0.2) is 77.6 Å². The number of nitrogens with zero attached hydrogens (tertiary/aromatic N) is 2. The molecule has 2 amide bonds. The smallest absolute Gasteiger partial charge is 0.407 e. The van der Waals surface area contributed by atoms with Gasteiger partial charge in [0.2, 0.25) is 15.9 Å². The number of carbonyl (C=O) groups excluding carboxylic acids is 2. The molecule has 2 N–H and O–H groups in total. The summed E-state index contributed by atoms with van der Waals surface area (Å²) in [7, 11) is -3.64. The van der Waals surface area contributed by atoms with Crippen molar-refractivity contribution in [3.63, 3.8) is 0 Å². The third-order valence-corrected chi connectivity index (χ3v) is 11.8. The van der Waals surface area contributed by atoms with E-state index < -0.39 is 57.2 Å². The summed E-state index contributed by atoms with van der Waals surface area (Å²) in [5, 5.41) is 13.9. The van der Waals surface area contributed by atoms with Crippen molar-refractivity contribution in [2.45, 2.75) is 119 Å². The van der Waals surface area contributed by atoms with Gasteiger partial charge >= 0.3 is 6.09 Å². The normalized spacial score (nSPS) is 22.1. The molecule has 0 spiro atoms. The van der Waals surface area contributed by atoms with Crippen LogP contribution in [-0.2, 0) is 25.5 Å². The number of nitrogens with one attached hydrogen (secondary N) is 1. The molecule has 3 aromatic carbocycles. The Morgan fingerprint density at radius 2 is 1.52 bits per heavy atom. The van der Waals surface area contributed by atoms with Crippen LogP contribution in [0, 0.1) is 0 Å². The number of halogens is 2. The molecule has 50 heavy (non-hydrogen) atoms. The van der Waals surface area contributed by atoms with Crippen LogP contribution in [0.2, 0.25) is 0 Å². The number of benzene rings is 3. The van der Waals surface area contributed by atoms with Gasteiger partial charge in [0.1, 0.15) is 17.1 Å². The topological polar surface area (TPSA) is 125 Å². The molecule has 3 aliphatic rings. The van der Waals surface area contributed by atoms with Crippen LogP contribution in [0.25, 0.3) is 10.8 Å². The van der Waals surface area contributed by atoms with Gasteiger partial charge in [-0.15, -0.1) is 0 Å². The molecular weight excluding hydrogens is 668 g/mol. The number of sulfonamides is 1. The van der Waals surface area contributed by atoms with Crippen molar-refractivity contribution in [2.24, 2.45) is 0 Å². The number of alkyl carbamates (subject to hydrolysis) is 1. The molecule has 3 atom stereocenters. The van der Waals surface area contributed by atoms with E-state index in [-0.39, 0.29) is 22.8 Å². The number of phenols is 1. The van der Waals surface area contributed by atoms with Crippen LogP contribution in [0.3, 0.4) is 0 Å². The number of rotatable bonds is 9. The van der Waals surface area contributed by atoms with Crippen LogP contribution in [0.15, 0.2) is 65.6 Å². The number of alkyl halides is 2. The minimum Gasteiger partial charge on any atom is -0.508 e. The van der Waals surface area contributed by atoms with Gasteiger partial charge in [0.05, 0.1) is 11.0 Å². The molecule has 3 aromatic rings. The number of ether oxygens (including phenoxy) is 2. The van der Waals surface area contributed by atoms with Crippen molar-refractivity contribution in [2.75, 3.05) is 7.05 Å². The second-order valence-electron chi connectivity index (χ2n) is 14.7. The molecular formula is C37H45F2N3O7S. The van der Waals surface area contributed by atoms with Gasteiger partial charge in [-0.25, -0.2) is 13.2 Å². The van der Waals surface area contributed by atoms with Crippen molar-refractivity contribution < 1.29 is 41.4 Å². The summed E-state index contributed by atoms with van der Waals surface area (Å²) in [6.07, 6.45) is 5.42. The quantitative estimate of drug-likeness (QED) is 0.253. The van der Waals surface area contributed by atoms with Gasteiger partial charge in [-0.1, -0.05) is 12.1 Å². The Hall–Kier alpha value is -3.97. The lowest BCUT2D eigenvalue weighted by Crippen LogP contribution is -2.61. The monoisotopic (exact) mass is 713 g/mol. The predicted molar refractivity (Wildman–Crippen MR) is 184 cm³/mol. The Morgan fingerprint density at radius 3 is 2.14 bits per heavy atom. The highest BCUT2D eigenvalue weighted by Gasteiger charge is 2.56. The number of hydrogen-bond donors (Lipinski definition) is 2. The second-order valence-corrected chi connectivity index (χ2v) is 16.7. The Labute approximate surface area is 291 Å². The number of fused-ring (bicyclic) bond motifs is 3. The van der Waals surface area contributed by atoms with Gasteiger partial charge in [-0.3, -0.25) is 4.79 Å². The van der Waals surface area contributed by atoms with Crippen molar-refractivity contribution in [3.05, 3.63) is 66.2 Å². The molecule has 2 bridgehead atoms. The summed E-state index contributed by atoms with van der Waals surface area (Å²) in [4.78, 5) is 28.1. The number of phenolic OH excluding ortho intramolecular Hbond substituents is 1. The fraction of sp³-hybridized carbons (Fsp3) is 0.514. The first-order chi connectivity index (χ1) is 23.5. The molecule has 1 saturated carbocycles. The Kier molecular flexibility index (Phi) is 9.77. The van der Waals surface area contributed by atoms with E-state index in [9.17, 15) is 23.1 Å². The molecule has 2 saturated heterocycles. The Bertz CT molecular complexity index is 1830. The fourth-order valence-electron chi connectivity index (χ4n) is 7.59. The average Bonchev–Trinajstić information content (AvgIpc) is 3.65. The number of hydrogen-bond acceptors (Lipinski definition) is 7. The molecule has 2 aliphatic heterocycles. The molecule has 3 unspecified atom stereocenters. The summed E-state index contributed by atoms with van der Waals surface area (Å²) in [5.41, 5.74) is -1.32. The van der Waals surface area contributed by atoms with Crippen LogP contribution in [0.5, 0.6) is 11.5 Å².